The summed E-state index contributed by atoms with van der Waals surface area (Å²) < 4.78 is 4.89. The van der Waals surface area contributed by atoms with Crippen molar-refractivity contribution in [2.45, 2.75) is 0 Å². The van der Waals surface area contributed by atoms with Crippen molar-refractivity contribution >= 4 is 104 Å². The Balaban J connectivity index is 1.33. The maximum absolute atomic E-state index is 5.40. The molecule has 0 aliphatic rings. The zero-order valence-corrected chi connectivity index (χ0v) is 26.3. The summed E-state index contributed by atoms with van der Waals surface area (Å²) in [5.41, 5.74) is 10.4. The van der Waals surface area contributed by atoms with Crippen molar-refractivity contribution in [3.63, 3.8) is 0 Å². The van der Waals surface area contributed by atoms with E-state index in [9.17, 15) is 0 Å². The molecule has 0 bridgehead atoms. The van der Waals surface area contributed by atoms with E-state index in [0.717, 1.165) is 28.2 Å². The molecule has 4 nitrogen and oxygen atoms in total. The van der Waals surface area contributed by atoms with Crippen LogP contribution in [0.3, 0.4) is 0 Å². The molecule has 0 aliphatic heterocycles. The Labute approximate surface area is 279 Å². The van der Waals surface area contributed by atoms with E-state index < -0.39 is 0 Å². The fraction of sp³-hybridized carbons (Fsp3) is 0. The highest BCUT2D eigenvalue weighted by Crippen LogP contribution is 2.50. The van der Waals surface area contributed by atoms with Crippen LogP contribution in [0.4, 0.5) is 17.1 Å². The Morgan fingerprint density at radius 3 is 1.73 bits per heavy atom. The molecule has 0 aliphatic carbocycles. The van der Waals surface area contributed by atoms with E-state index in [0.29, 0.717) is 0 Å². The van der Waals surface area contributed by atoms with Gasteiger partial charge in [-0.2, -0.15) is 0 Å². The molecule has 0 fully saturated rings. The fourth-order valence-electron chi connectivity index (χ4n) is 8.89. The van der Waals surface area contributed by atoms with E-state index in [1.54, 1.807) is 0 Å². The molecule has 5 aromatic heterocycles. The van der Waals surface area contributed by atoms with Gasteiger partial charge < -0.3 is 9.30 Å². The number of rotatable bonds is 3. The van der Waals surface area contributed by atoms with Crippen LogP contribution < -0.4 is 4.90 Å². The van der Waals surface area contributed by atoms with Crippen molar-refractivity contribution in [1.82, 2.24) is 13.8 Å². The fourth-order valence-corrected chi connectivity index (χ4v) is 8.89. The van der Waals surface area contributed by atoms with Gasteiger partial charge in [-0.15, -0.1) is 0 Å². The Bertz CT molecular complexity index is 3220. The molecule has 12 rings (SSSR count). The van der Waals surface area contributed by atoms with E-state index in [4.69, 9.17) is 4.98 Å². The summed E-state index contributed by atoms with van der Waals surface area (Å²) in [5, 5.41) is 12.4. The molecule has 12 aromatic rings. The van der Waals surface area contributed by atoms with E-state index in [1.807, 2.05) is 0 Å². The molecule has 0 atom stereocenters. The Hall–Kier alpha value is -6.65. The molecule has 7 aromatic carbocycles. The lowest BCUT2D eigenvalue weighted by Crippen LogP contribution is -2.11. The lowest BCUT2D eigenvalue weighted by Gasteiger charge is -2.28. The van der Waals surface area contributed by atoms with Crippen LogP contribution >= 0.6 is 0 Å². The van der Waals surface area contributed by atoms with Crippen LogP contribution in [0, 0.1) is 0 Å². The molecule has 226 valence electrons. The first kappa shape index (κ1) is 25.4. The van der Waals surface area contributed by atoms with E-state index in [2.05, 4.69) is 172 Å². The number of hydrogen-bond acceptors (Lipinski definition) is 2. The van der Waals surface area contributed by atoms with Gasteiger partial charge in [0, 0.05) is 59.9 Å². The number of aromatic nitrogens is 3. The molecule has 0 radical (unpaired) electrons. The average molecular weight is 623 g/mol. The molecule has 0 saturated carbocycles. The summed E-state index contributed by atoms with van der Waals surface area (Å²) in [6.45, 7) is 0. The van der Waals surface area contributed by atoms with Gasteiger partial charge >= 0.3 is 0 Å². The van der Waals surface area contributed by atoms with Crippen LogP contribution in [0.1, 0.15) is 0 Å². The molecule has 4 heteroatoms. The van der Waals surface area contributed by atoms with Gasteiger partial charge in [-0.25, -0.2) is 4.98 Å². The van der Waals surface area contributed by atoms with Gasteiger partial charge in [0.15, 0.2) is 0 Å². The first-order valence-corrected chi connectivity index (χ1v) is 16.8. The predicted molar refractivity (Wildman–Crippen MR) is 206 cm³/mol. The Kier molecular flexibility index (Phi) is 4.69. The SMILES string of the molecule is c1ccc(N(c2ccccc2)c2c3ccccc3cc3c4cccc5c6c7c8cccc9c%10ccccc%10n(c7cnc6n(c23)c45)c98)cc1. The zero-order chi connectivity index (χ0) is 31.8. The molecule has 0 N–H and O–H groups in total. The summed E-state index contributed by atoms with van der Waals surface area (Å²) >= 11 is 0. The second-order valence-corrected chi connectivity index (χ2v) is 13.2. The lowest BCUT2D eigenvalue weighted by atomic mass is 10.0. The van der Waals surface area contributed by atoms with Crippen LogP contribution in [0.15, 0.2) is 158 Å². The van der Waals surface area contributed by atoms with Crippen LogP contribution in [0.2, 0.25) is 0 Å². The normalized spacial score (nSPS) is 12.5. The third-order valence-corrected chi connectivity index (χ3v) is 10.7. The minimum atomic E-state index is 0.990. The molecule has 0 saturated heterocycles. The largest absolute Gasteiger partial charge is 0.308 e. The number of anilines is 3. The van der Waals surface area contributed by atoms with Crippen molar-refractivity contribution in [2.75, 3.05) is 4.90 Å². The van der Waals surface area contributed by atoms with Crippen molar-refractivity contribution in [2.24, 2.45) is 0 Å². The molecule has 49 heavy (non-hydrogen) atoms. The molecule has 0 unspecified atom stereocenters. The van der Waals surface area contributed by atoms with Crippen LogP contribution in [0.25, 0.3) is 87.1 Å². The lowest BCUT2D eigenvalue weighted by molar-refractivity contribution is 1.24. The van der Waals surface area contributed by atoms with Crippen LogP contribution in [-0.2, 0) is 0 Å². The Morgan fingerprint density at radius 2 is 0.980 bits per heavy atom. The first-order valence-electron chi connectivity index (χ1n) is 16.8. The summed E-state index contributed by atoms with van der Waals surface area (Å²) in [4.78, 5) is 7.83. The standard InChI is InChI=1S/C45H26N4/c1-3-14-28(15-4-1)47(29-16-5-2-6-17-29)43-30-18-8-7-13-27(30)25-36-33-21-12-23-35-40-39-34-22-11-20-32-31-19-9-10-24-37(31)48(41(32)34)38(39)26-46-45(40)49(42(33)35)44(36)43/h1-26H. The maximum Gasteiger partial charge on any atom is 0.146 e. The second-order valence-electron chi connectivity index (χ2n) is 13.2. The minimum Gasteiger partial charge on any atom is -0.308 e. The minimum absolute atomic E-state index is 0.990. The number of nitrogens with zero attached hydrogens (tertiary/aromatic N) is 4. The number of hydrogen-bond donors (Lipinski definition) is 0. The molecular weight excluding hydrogens is 597 g/mol. The molecule has 0 spiro atoms. The zero-order valence-electron chi connectivity index (χ0n) is 26.3. The quantitative estimate of drug-likeness (QED) is 0.196. The van der Waals surface area contributed by atoms with Gasteiger partial charge in [0.2, 0.25) is 0 Å². The van der Waals surface area contributed by atoms with E-state index in [1.165, 1.54) is 75.9 Å². The third kappa shape index (κ3) is 3.07. The highest BCUT2D eigenvalue weighted by molar-refractivity contribution is 6.36. The van der Waals surface area contributed by atoms with Gasteiger partial charge in [-0.05, 0) is 41.8 Å². The molecule has 5 heterocycles. The van der Waals surface area contributed by atoms with Crippen molar-refractivity contribution in [3.8, 4) is 0 Å². The van der Waals surface area contributed by atoms with E-state index >= 15 is 0 Å². The average Bonchev–Trinajstić information content (AvgIpc) is 3.89. The Morgan fingerprint density at radius 1 is 0.408 bits per heavy atom. The topological polar surface area (TPSA) is 24.9 Å². The van der Waals surface area contributed by atoms with Gasteiger partial charge in [0.1, 0.15) is 5.65 Å². The maximum atomic E-state index is 5.40. The summed E-state index contributed by atoms with van der Waals surface area (Å²) in [6, 6.07) is 55.0. The summed E-state index contributed by atoms with van der Waals surface area (Å²) in [7, 11) is 0. The smallest absolute Gasteiger partial charge is 0.146 e. The van der Waals surface area contributed by atoms with Gasteiger partial charge in [-0.3, -0.25) is 4.40 Å². The van der Waals surface area contributed by atoms with E-state index in [-0.39, 0.29) is 0 Å². The van der Waals surface area contributed by atoms with Gasteiger partial charge in [0.05, 0.1) is 39.5 Å². The third-order valence-electron chi connectivity index (χ3n) is 10.7. The molecule has 0 amide bonds. The van der Waals surface area contributed by atoms with Crippen molar-refractivity contribution in [3.05, 3.63) is 158 Å². The van der Waals surface area contributed by atoms with Crippen molar-refractivity contribution < 1.29 is 0 Å². The second kappa shape index (κ2) is 9.03. The number of para-hydroxylation sites is 5. The van der Waals surface area contributed by atoms with Gasteiger partial charge in [0.25, 0.3) is 0 Å². The van der Waals surface area contributed by atoms with Crippen LogP contribution in [-0.4, -0.2) is 13.8 Å². The van der Waals surface area contributed by atoms with Crippen LogP contribution in [0.5, 0.6) is 0 Å². The number of benzene rings is 7. The van der Waals surface area contributed by atoms with Crippen molar-refractivity contribution in [1.29, 1.82) is 0 Å². The highest BCUT2D eigenvalue weighted by atomic mass is 15.2. The number of pyridine rings is 1. The number of fused-ring (bicyclic) bond motifs is 14. The van der Waals surface area contributed by atoms with Gasteiger partial charge in [-0.1, -0.05) is 115 Å². The highest BCUT2D eigenvalue weighted by Gasteiger charge is 2.28. The molecular formula is C45H26N4. The summed E-state index contributed by atoms with van der Waals surface area (Å²) in [5.74, 6) is 0. The predicted octanol–water partition coefficient (Wildman–Crippen LogP) is 12.0. The monoisotopic (exact) mass is 622 g/mol. The first-order chi connectivity index (χ1) is 24.4. The summed E-state index contributed by atoms with van der Waals surface area (Å²) in [6.07, 6.45) is 2.11.